The highest BCUT2D eigenvalue weighted by Crippen LogP contribution is 2.28. The molecule has 0 fully saturated rings. The van der Waals surface area contributed by atoms with Gasteiger partial charge in [-0.25, -0.2) is 0 Å². The molecule has 0 aliphatic rings. The maximum Gasteiger partial charge on any atom is 0.148 e. The number of hydrogen-bond acceptors (Lipinski definition) is 2. The number of nitrogens with zero attached hydrogens (tertiary/aromatic N) is 1. The molecule has 4 heteroatoms. The van der Waals surface area contributed by atoms with Gasteiger partial charge in [-0.2, -0.15) is 5.26 Å². The number of terminal acetylenes is 1. The lowest BCUT2D eigenvalue weighted by atomic mass is 10.0. The highest BCUT2D eigenvalue weighted by Gasteiger charge is 2.04. The number of halogens is 2. The predicted octanol–water partition coefficient (Wildman–Crippen LogP) is 5.18. The van der Waals surface area contributed by atoms with Crippen LogP contribution in [0.25, 0.3) is 11.6 Å². The molecular formula is C18H11BrClNO. The van der Waals surface area contributed by atoms with E-state index in [0.29, 0.717) is 16.3 Å². The van der Waals surface area contributed by atoms with Gasteiger partial charge in [-0.05, 0) is 57.4 Å². The molecular weight excluding hydrogens is 362 g/mol. The second kappa shape index (κ2) is 7.71. The van der Waals surface area contributed by atoms with Crippen LogP contribution in [0.15, 0.2) is 46.9 Å². The molecule has 0 radical (unpaired) electrons. The minimum Gasteiger partial charge on any atom is -0.480 e. The minimum absolute atomic E-state index is 0.210. The van der Waals surface area contributed by atoms with Gasteiger partial charge in [0.2, 0.25) is 0 Å². The fourth-order valence-electron chi connectivity index (χ4n) is 1.82. The van der Waals surface area contributed by atoms with E-state index < -0.39 is 0 Å². The summed E-state index contributed by atoms with van der Waals surface area (Å²) in [4.78, 5) is 0. The summed E-state index contributed by atoms with van der Waals surface area (Å²) in [7, 11) is 0. The lowest BCUT2D eigenvalue weighted by molar-refractivity contribution is 0.368. The SMILES string of the molecule is C#CCOc1ccc(C=C(C#N)c2ccc(Cl)cc2)cc1Br. The van der Waals surface area contributed by atoms with Gasteiger partial charge in [0.25, 0.3) is 0 Å². The van der Waals surface area contributed by atoms with Crippen LogP contribution in [0, 0.1) is 23.7 Å². The standard InChI is InChI=1S/C18H11BrClNO/c1-2-9-22-18-8-3-13(11-17(18)19)10-15(12-21)14-4-6-16(20)7-5-14/h1,3-8,10-11H,9H2. The first-order chi connectivity index (χ1) is 10.6. The second-order valence-corrected chi connectivity index (χ2v) is 5.65. The predicted molar refractivity (Wildman–Crippen MR) is 93.4 cm³/mol. The van der Waals surface area contributed by atoms with Gasteiger partial charge in [-0.15, -0.1) is 6.42 Å². The van der Waals surface area contributed by atoms with Gasteiger partial charge < -0.3 is 4.74 Å². The molecule has 0 unspecified atom stereocenters. The van der Waals surface area contributed by atoms with E-state index in [-0.39, 0.29) is 6.61 Å². The number of rotatable bonds is 4. The van der Waals surface area contributed by atoms with Crippen molar-refractivity contribution in [2.24, 2.45) is 0 Å². The molecule has 2 nitrogen and oxygen atoms in total. The van der Waals surface area contributed by atoms with Crippen molar-refractivity contribution in [2.45, 2.75) is 0 Å². The summed E-state index contributed by atoms with van der Waals surface area (Å²) in [5.74, 6) is 3.08. The van der Waals surface area contributed by atoms with Crippen molar-refractivity contribution >= 4 is 39.2 Å². The van der Waals surface area contributed by atoms with Crippen LogP contribution in [0.1, 0.15) is 11.1 Å². The Morgan fingerprint density at radius 2 is 2.00 bits per heavy atom. The molecule has 0 heterocycles. The Bertz CT molecular complexity index is 782. The molecule has 0 N–H and O–H groups in total. The summed E-state index contributed by atoms with van der Waals surface area (Å²) in [6.45, 7) is 0.210. The van der Waals surface area contributed by atoms with Crippen LogP contribution in [-0.4, -0.2) is 6.61 Å². The number of hydrogen-bond donors (Lipinski definition) is 0. The normalized spacial score (nSPS) is 10.6. The molecule has 0 saturated carbocycles. The molecule has 0 aliphatic heterocycles. The Balaban J connectivity index is 2.31. The van der Waals surface area contributed by atoms with Crippen LogP contribution < -0.4 is 4.74 Å². The van der Waals surface area contributed by atoms with Crippen LogP contribution in [0.3, 0.4) is 0 Å². The zero-order valence-corrected chi connectivity index (χ0v) is 13.9. The molecule has 0 atom stereocenters. The zero-order chi connectivity index (χ0) is 15.9. The summed E-state index contributed by atoms with van der Waals surface area (Å²) in [5.41, 5.74) is 2.25. The Morgan fingerprint density at radius 3 is 2.59 bits per heavy atom. The third-order valence-electron chi connectivity index (χ3n) is 2.85. The van der Waals surface area contributed by atoms with Gasteiger partial charge in [0.1, 0.15) is 12.4 Å². The van der Waals surface area contributed by atoms with Crippen LogP contribution in [0.5, 0.6) is 5.75 Å². The molecule has 22 heavy (non-hydrogen) atoms. The number of nitriles is 1. The fourth-order valence-corrected chi connectivity index (χ4v) is 2.46. The maximum atomic E-state index is 9.34. The first-order valence-electron chi connectivity index (χ1n) is 6.37. The highest BCUT2D eigenvalue weighted by molar-refractivity contribution is 9.10. The van der Waals surface area contributed by atoms with Crippen molar-refractivity contribution in [1.29, 1.82) is 5.26 Å². The molecule has 2 aromatic rings. The maximum absolute atomic E-state index is 9.34. The molecule has 0 bridgehead atoms. The quantitative estimate of drug-likeness (QED) is 0.421. The molecule has 108 valence electrons. The average molecular weight is 373 g/mol. The smallest absolute Gasteiger partial charge is 0.148 e. The van der Waals surface area contributed by atoms with Gasteiger partial charge in [-0.1, -0.05) is 35.7 Å². The van der Waals surface area contributed by atoms with Crippen LogP contribution in [0.2, 0.25) is 5.02 Å². The van der Waals surface area contributed by atoms with Crippen molar-refractivity contribution < 1.29 is 4.74 Å². The topological polar surface area (TPSA) is 33.0 Å². The van der Waals surface area contributed by atoms with E-state index in [2.05, 4.69) is 27.9 Å². The summed E-state index contributed by atoms with van der Waals surface area (Å²) in [5, 5.41) is 9.98. The van der Waals surface area contributed by atoms with Gasteiger partial charge >= 0.3 is 0 Å². The van der Waals surface area contributed by atoms with Crippen molar-refractivity contribution in [3.05, 3.63) is 63.1 Å². The largest absolute Gasteiger partial charge is 0.480 e. The van der Waals surface area contributed by atoms with Crippen molar-refractivity contribution in [3.8, 4) is 24.2 Å². The lowest BCUT2D eigenvalue weighted by Gasteiger charge is -2.06. The monoisotopic (exact) mass is 371 g/mol. The molecule has 0 saturated heterocycles. The lowest BCUT2D eigenvalue weighted by Crippen LogP contribution is -1.94. The number of allylic oxidation sites excluding steroid dienone is 1. The van der Waals surface area contributed by atoms with E-state index in [9.17, 15) is 5.26 Å². The third kappa shape index (κ3) is 4.15. The molecule has 0 amide bonds. The number of ether oxygens (including phenoxy) is 1. The van der Waals surface area contributed by atoms with E-state index in [4.69, 9.17) is 22.8 Å². The highest BCUT2D eigenvalue weighted by atomic mass is 79.9. The zero-order valence-electron chi connectivity index (χ0n) is 11.5. The van der Waals surface area contributed by atoms with Crippen molar-refractivity contribution in [3.63, 3.8) is 0 Å². The van der Waals surface area contributed by atoms with E-state index >= 15 is 0 Å². The van der Waals surface area contributed by atoms with E-state index in [1.807, 2.05) is 30.3 Å². The molecule has 0 aliphatic carbocycles. The summed E-state index contributed by atoms with van der Waals surface area (Å²) >= 11 is 9.29. The molecule has 2 rings (SSSR count). The fraction of sp³-hybridized carbons (Fsp3) is 0.0556. The summed E-state index contributed by atoms with van der Waals surface area (Å²) in [6.07, 6.45) is 6.97. The van der Waals surface area contributed by atoms with Crippen LogP contribution in [0.4, 0.5) is 0 Å². The van der Waals surface area contributed by atoms with Gasteiger partial charge in [0, 0.05) is 5.02 Å². The second-order valence-electron chi connectivity index (χ2n) is 4.36. The van der Waals surface area contributed by atoms with Gasteiger partial charge in [0.15, 0.2) is 0 Å². The van der Waals surface area contributed by atoms with E-state index in [0.717, 1.165) is 15.6 Å². The van der Waals surface area contributed by atoms with Crippen molar-refractivity contribution in [2.75, 3.05) is 6.61 Å². The Hall–Kier alpha value is -2.20. The summed E-state index contributed by atoms with van der Waals surface area (Å²) in [6, 6.07) is 14.9. The number of benzene rings is 2. The molecule has 0 spiro atoms. The Labute approximate surface area is 143 Å². The van der Waals surface area contributed by atoms with E-state index in [1.165, 1.54) is 0 Å². The molecule has 2 aromatic carbocycles. The van der Waals surface area contributed by atoms with Gasteiger partial charge in [0.05, 0.1) is 16.1 Å². The van der Waals surface area contributed by atoms with Crippen LogP contribution >= 0.6 is 27.5 Å². The Kier molecular flexibility index (Phi) is 5.67. The summed E-state index contributed by atoms with van der Waals surface area (Å²) < 4.78 is 6.17. The third-order valence-corrected chi connectivity index (χ3v) is 3.73. The van der Waals surface area contributed by atoms with Crippen molar-refractivity contribution in [1.82, 2.24) is 0 Å². The first kappa shape index (κ1) is 16.2. The minimum atomic E-state index is 0.210. The Morgan fingerprint density at radius 1 is 1.27 bits per heavy atom. The average Bonchev–Trinajstić information content (AvgIpc) is 2.53. The first-order valence-corrected chi connectivity index (χ1v) is 7.54. The van der Waals surface area contributed by atoms with Gasteiger partial charge in [-0.3, -0.25) is 0 Å². The van der Waals surface area contributed by atoms with E-state index in [1.54, 1.807) is 18.2 Å². The van der Waals surface area contributed by atoms with Crippen LogP contribution in [-0.2, 0) is 0 Å². The molecule has 0 aromatic heterocycles.